The van der Waals surface area contributed by atoms with Gasteiger partial charge >= 0.3 is 37.9 Å². The Balaban J connectivity index is 0.000000188. The number of benzene rings is 4. The molecule has 2 saturated carbocycles. The number of hydrogen-bond acceptors (Lipinski definition) is 0. The average molecular weight is 879 g/mol. The molecule has 0 bridgehead atoms. The van der Waals surface area contributed by atoms with E-state index in [1.807, 2.05) is 0 Å². The number of rotatable bonds is 8. The summed E-state index contributed by atoms with van der Waals surface area (Å²) in [4.78, 5) is 0. The molecule has 6 aromatic carbocycles. The molecular formula is C52H64Cl2SiZr. The van der Waals surface area contributed by atoms with Crippen LogP contribution in [-0.2, 0) is 46.5 Å². The van der Waals surface area contributed by atoms with Gasteiger partial charge in [-0.25, -0.2) is 0 Å². The molecule has 2 aliphatic rings. The van der Waals surface area contributed by atoms with E-state index in [2.05, 4.69) is 150 Å². The molecule has 8 rings (SSSR count). The van der Waals surface area contributed by atoms with Gasteiger partial charge in [0.25, 0.3) is 0 Å². The SMILES string of the molecule is CCc1ccc(-c2cccc3[cH-]c(CC4(C)CCCCC4)cc23)cc1.CCc1ccc(-c2cccc3[cH-]c(CC4(C)CCCCC4)cc23)cc1.C[Si]C.[Cl][Zr+2][Cl]. The first kappa shape index (κ1) is 44.9. The molecule has 0 aromatic heterocycles. The van der Waals surface area contributed by atoms with Crippen molar-refractivity contribution in [3.8, 4) is 22.3 Å². The Labute approximate surface area is 361 Å². The zero-order valence-corrected chi connectivity index (χ0v) is 40.0. The van der Waals surface area contributed by atoms with Crippen LogP contribution in [-0.4, -0.2) is 9.52 Å². The summed E-state index contributed by atoms with van der Waals surface area (Å²) < 4.78 is 0. The second kappa shape index (κ2) is 22.2. The van der Waals surface area contributed by atoms with E-state index < -0.39 is 20.8 Å². The zero-order chi connectivity index (χ0) is 40.0. The molecule has 0 aliphatic heterocycles. The van der Waals surface area contributed by atoms with Crippen molar-refractivity contribution >= 4 is 48.1 Å². The van der Waals surface area contributed by atoms with Crippen LogP contribution in [0.2, 0.25) is 13.1 Å². The number of aryl methyl sites for hydroxylation is 2. The quantitative estimate of drug-likeness (QED) is 0.106. The fourth-order valence-electron chi connectivity index (χ4n) is 9.29. The van der Waals surface area contributed by atoms with Crippen LogP contribution in [0.15, 0.2) is 109 Å². The van der Waals surface area contributed by atoms with E-state index in [9.17, 15) is 0 Å². The third-order valence-electron chi connectivity index (χ3n) is 12.4. The van der Waals surface area contributed by atoms with Crippen molar-refractivity contribution in [3.63, 3.8) is 0 Å². The summed E-state index contributed by atoms with van der Waals surface area (Å²) in [5.41, 5.74) is 12.3. The van der Waals surface area contributed by atoms with E-state index in [4.69, 9.17) is 17.0 Å². The summed E-state index contributed by atoms with van der Waals surface area (Å²) in [6.45, 7) is 13.7. The molecule has 0 nitrogen and oxygen atoms in total. The van der Waals surface area contributed by atoms with Gasteiger partial charge in [-0.15, -0.1) is 69.1 Å². The molecule has 2 fully saturated rings. The first-order chi connectivity index (χ1) is 27.2. The van der Waals surface area contributed by atoms with Crippen molar-refractivity contribution in [2.75, 3.05) is 0 Å². The van der Waals surface area contributed by atoms with Crippen LogP contribution < -0.4 is 0 Å². The van der Waals surface area contributed by atoms with Crippen LogP contribution in [0, 0.1) is 10.8 Å². The van der Waals surface area contributed by atoms with Gasteiger partial charge in [-0.1, -0.05) is 151 Å². The zero-order valence-electron chi connectivity index (χ0n) is 35.0. The number of halogens is 2. The van der Waals surface area contributed by atoms with Crippen molar-refractivity contribution in [3.05, 3.63) is 131 Å². The molecule has 2 aliphatic carbocycles. The summed E-state index contributed by atoms with van der Waals surface area (Å²) in [5, 5.41) is 5.63. The third-order valence-corrected chi connectivity index (χ3v) is 12.4. The van der Waals surface area contributed by atoms with E-state index in [-0.39, 0.29) is 0 Å². The Kier molecular flexibility index (Phi) is 17.8. The van der Waals surface area contributed by atoms with Gasteiger partial charge in [0.05, 0.1) is 0 Å². The normalized spacial score (nSPS) is 15.7. The monoisotopic (exact) mass is 876 g/mol. The maximum absolute atomic E-state index is 4.93. The summed E-state index contributed by atoms with van der Waals surface area (Å²) in [6, 6.07) is 41.5. The molecule has 0 saturated heterocycles. The molecule has 2 radical (unpaired) electrons. The van der Waals surface area contributed by atoms with Crippen molar-refractivity contribution in [1.29, 1.82) is 0 Å². The molecule has 0 heterocycles. The van der Waals surface area contributed by atoms with E-state index in [1.165, 1.54) is 143 Å². The second-order valence-electron chi connectivity index (χ2n) is 17.1. The molecule has 0 atom stereocenters. The summed E-state index contributed by atoms with van der Waals surface area (Å²) in [5.74, 6) is 0. The van der Waals surface area contributed by atoms with Crippen LogP contribution >= 0.6 is 17.0 Å². The minimum absolute atomic E-state index is 0.506. The molecule has 294 valence electrons. The molecule has 56 heavy (non-hydrogen) atoms. The first-order valence-corrected chi connectivity index (χ1v) is 29.6. The van der Waals surface area contributed by atoms with E-state index in [1.54, 1.807) is 0 Å². The molecule has 0 spiro atoms. The van der Waals surface area contributed by atoms with Gasteiger partial charge in [-0.3, -0.25) is 0 Å². The molecular weight excluding hydrogens is 815 g/mol. The predicted octanol–water partition coefficient (Wildman–Crippen LogP) is 16.8. The van der Waals surface area contributed by atoms with Gasteiger partial charge < -0.3 is 0 Å². The minimum atomic E-state index is -0.826. The van der Waals surface area contributed by atoms with Gasteiger partial charge in [-0.05, 0) is 84.5 Å². The second-order valence-corrected chi connectivity index (χ2v) is 21.8. The van der Waals surface area contributed by atoms with Gasteiger partial charge in [0.15, 0.2) is 0 Å². The predicted molar refractivity (Wildman–Crippen MR) is 248 cm³/mol. The van der Waals surface area contributed by atoms with Gasteiger partial charge in [-0.2, -0.15) is 12.1 Å². The molecule has 0 N–H and O–H groups in total. The van der Waals surface area contributed by atoms with Gasteiger partial charge in [0.2, 0.25) is 0 Å². The Morgan fingerprint density at radius 1 is 0.554 bits per heavy atom. The molecule has 0 unspecified atom stereocenters. The molecule has 6 aromatic rings. The van der Waals surface area contributed by atoms with Gasteiger partial charge in [0.1, 0.15) is 0 Å². The van der Waals surface area contributed by atoms with E-state index in [0.29, 0.717) is 10.8 Å². The van der Waals surface area contributed by atoms with E-state index >= 15 is 0 Å². The third kappa shape index (κ3) is 12.4. The summed E-state index contributed by atoms with van der Waals surface area (Å²) in [6.07, 6.45) is 18.7. The van der Waals surface area contributed by atoms with Crippen LogP contribution in [0.25, 0.3) is 43.8 Å². The summed E-state index contributed by atoms with van der Waals surface area (Å²) in [7, 11) is 11.0. The topological polar surface area (TPSA) is 0 Å². The van der Waals surface area contributed by atoms with Crippen LogP contribution in [0.4, 0.5) is 0 Å². The fraction of sp³-hybridized carbons (Fsp3) is 0.423. The Morgan fingerprint density at radius 3 is 1.21 bits per heavy atom. The van der Waals surface area contributed by atoms with Crippen molar-refractivity contribution in [2.45, 2.75) is 131 Å². The van der Waals surface area contributed by atoms with Gasteiger partial charge in [0, 0.05) is 9.52 Å². The number of fused-ring (bicyclic) bond motifs is 2. The van der Waals surface area contributed by atoms with Crippen molar-refractivity contribution < 1.29 is 20.8 Å². The van der Waals surface area contributed by atoms with Crippen molar-refractivity contribution in [1.82, 2.24) is 0 Å². The Hall–Kier alpha value is -2.22. The Morgan fingerprint density at radius 2 is 0.893 bits per heavy atom. The Bertz CT molecular complexity index is 1890. The molecule has 0 amide bonds. The number of hydrogen-bond donors (Lipinski definition) is 0. The first-order valence-electron chi connectivity index (χ1n) is 21.3. The van der Waals surface area contributed by atoms with E-state index in [0.717, 1.165) is 22.4 Å². The van der Waals surface area contributed by atoms with Crippen LogP contribution in [0.3, 0.4) is 0 Å². The standard InChI is InChI=1S/2C25H29.C2H6Si.2ClH.Zr/c2*1-3-19-10-12-21(13-11-19)23-9-7-8-22-16-20(17-24(22)23)18-25(2)14-5-4-6-15-25;1-3-2;;;/h2*7-13,16-17H,3-6,14-15,18H2,1-2H3;1-2H3;2*1H;/q2*-1;;;;+4/p-2. The van der Waals surface area contributed by atoms with Crippen LogP contribution in [0.5, 0.6) is 0 Å². The fourth-order valence-corrected chi connectivity index (χ4v) is 9.29. The maximum atomic E-state index is 4.93. The summed E-state index contributed by atoms with van der Waals surface area (Å²) >= 11 is -0.826. The average Bonchev–Trinajstić information content (AvgIpc) is 3.82. The van der Waals surface area contributed by atoms with Crippen LogP contribution in [0.1, 0.15) is 114 Å². The van der Waals surface area contributed by atoms with Crippen molar-refractivity contribution in [2.24, 2.45) is 10.8 Å². The molecule has 4 heteroatoms.